The van der Waals surface area contributed by atoms with Gasteiger partial charge in [0.2, 0.25) is 5.91 Å². The Bertz CT molecular complexity index is 696. The minimum absolute atomic E-state index is 0.280. The fourth-order valence-electron chi connectivity index (χ4n) is 2.55. The second-order valence-electron chi connectivity index (χ2n) is 5.66. The Kier molecular flexibility index (Phi) is 6.64. The van der Waals surface area contributed by atoms with E-state index in [4.69, 9.17) is 4.74 Å². The van der Waals surface area contributed by atoms with E-state index in [1.807, 2.05) is 6.07 Å². The molecular formula is C17H20N2O6S. The molecule has 1 unspecified atom stereocenters. The number of carbonyl (C=O) groups is 3. The van der Waals surface area contributed by atoms with Crippen molar-refractivity contribution in [3.05, 3.63) is 42.5 Å². The van der Waals surface area contributed by atoms with Crippen LogP contribution in [0.2, 0.25) is 0 Å². The topological polar surface area (TPSA) is 105 Å². The number of benzene rings is 1. The largest absolute Gasteiger partial charge is 0.484 e. The van der Waals surface area contributed by atoms with Gasteiger partial charge in [0.1, 0.15) is 17.2 Å². The average molecular weight is 380 g/mol. The number of ether oxygens (including phenoxy) is 2. The third kappa shape index (κ3) is 4.17. The van der Waals surface area contributed by atoms with Gasteiger partial charge >= 0.3 is 5.97 Å². The molecule has 1 saturated heterocycles. The minimum atomic E-state index is -1.02. The Morgan fingerprint density at radius 2 is 2.04 bits per heavy atom. The molecule has 0 radical (unpaired) electrons. The van der Waals surface area contributed by atoms with Gasteiger partial charge in [-0.05, 0) is 24.6 Å². The summed E-state index contributed by atoms with van der Waals surface area (Å²) in [5, 5.41) is 1.67. The number of likely N-dealkylation sites (tertiary alicyclic amines) is 1. The summed E-state index contributed by atoms with van der Waals surface area (Å²) in [6, 6.07) is 6.76. The molecule has 8 nitrogen and oxygen atoms in total. The highest BCUT2D eigenvalue weighted by Crippen LogP contribution is 2.32. The number of amides is 2. The third-order valence-corrected chi connectivity index (χ3v) is 4.50. The Balaban J connectivity index is 1.98. The van der Waals surface area contributed by atoms with Crippen LogP contribution in [-0.4, -0.2) is 58.4 Å². The molecule has 1 aliphatic rings. The SMILES string of the molecule is C=C(C)C(C(=O)OC)N1C(=O)[C@@H](NC(=O)COc2ccccc2)[C@H]1SO. The van der Waals surface area contributed by atoms with Gasteiger partial charge in [-0.3, -0.25) is 9.59 Å². The molecule has 0 spiro atoms. The van der Waals surface area contributed by atoms with Gasteiger partial charge in [-0.2, -0.15) is 0 Å². The number of esters is 1. The van der Waals surface area contributed by atoms with E-state index in [0.29, 0.717) is 23.4 Å². The molecule has 0 aromatic heterocycles. The molecule has 1 aliphatic heterocycles. The van der Waals surface area contributed by atoms with E-state index in [1.54, 1.807) is 31.2 Å². The quantitative estimate of drug-likeness (QED) is 0.300. The zero-order valence-corrected chi connectivity index (χ0v) is 15.2. The second-order valence-corrected chi connectivity index (χ2v) is 6.35. The molecule has 1 aromatic rings. The van der Waals surface area contributed by atoms with Gasteiger partial charge in [-0.1, -0.05) is 24.8 Å². The van der Waals surface area contributed by atoms with Gasteiger partial charge in [0, 0.05) is 12.0 Å². The zero-order chi connectivity index (χ0) is 19.3. The van der Waals surface area contributed by atoms with Crippen LogP contribution >= 0.6 is 12.0 Å². The monoisotopic (exact) mass is 380 g/mol. The number of carbonyl (C=O) groups excluding carboxylic acids is 3. The van der Waals surface area contributed by atoms with Crippen LogP contribution < -0.4 is 10.1 Å². The van der Waals surface area contributed by atoms with Crippen LogP contribution in [0.4, 0.5) is 0 Å². The molecule has 2 rings (SSSR count). The Labute approximate surface area is 155 Å². The van der Waals surface area contributed by atoms with Crippen molar-refractivity contribution in [2.75, 3.05) is 13.7 Å². The van der Waals surface area contributed by atoms with Crippen molar-refractivity contribution < 1.29 is 28.4 Å². The normalized spacial score (nSPS) is 20.0. The third-order valence-electron chi connectivity index (χ3n) is 3.79. The molecule has 2 amide bonds. The smallest absolute Gasteiger partial charge is 0.332 e. The molecule has 0 bridgehead atoms. The molecular weight excluding hydrogens is 360 g/mol. The van der Waals surface area contributed by atoms with Crippen molar-refractivity contribution in [1.82, 2.24) is 10.2 Å². The average Bonchev–Trinajstić information content (AvgIpc) is 2.64. The maximum absolute atomic E-state index is 12.4. The van der Waals surface area contributed by atoms with E-state index < -0.39 is 35.2 Å². The van der Waals surface area contributed by atoms with Crippen molar-refractivity contribution in [1.29, 1.82) is 0 Å². The number of hydrogen-bond acceptors (Lipinski definition) is 7. The minimum Gasteiger partial charge on any atom is -0.484 e. The first kappa shape index (κ1) is 19.8. The lowest BCUT2D eigenvalue weighted by atomic mass is 9.99. The van der Waals surface area contributed by atoms with Gasteiger partial charge in [-0.25, -0.2) is 4.79 Å². The zero-order valence-electron chi connectivity index (χ0n) is 14.4. The summed E-state index contributed by atoms with van der Waals surface area (Å²) < 4.78 is 19.5. The summed E-state index contributed by atoms with van der Waals surface area (Å²) in [6.45, 7) is 4.98. The van der Waals surface area contributed by atoms with Gasteiger partial charge in [0.15, 0.2) is 12.6 Å². The Morgan fingerprint density at radius 3 is 2.58 bits per heavy atom. The Morgan fingerprint density at radius 1 is 1.38 bits per heavy atom. The molecule has 0 saturated carbocycles. The first-order chi connectivity index (χ1) is 12.4. The van der Waals surface area contributed by atoms with E-state index in [2.05, 4.69) is 16.6 Å². The summed E-state index contributed by atoms with van der Waals surface area (Å²) in [5.74, 6) is -1.17. The van der Waals surface area contributed by atoms with Gasteiger partial charge < -0.3 is 24.2 Å². The van der Waals surface area contributed by atoms with E-state index in [0.717, 1.165) is 4.90 Å². The first-order valence-corrected chi connectivity index (χ1v) is 8.57. The van der Waals surface area contributed by atoms with E-state index >= 15 is 0 Å². The number of methoxy groups -OCH3 is 1. The molecule has 1 aromatic carbocycles. The molecule has 9 heteroatoms. The van der Waals surface area contributed by atoms with Crippen LogP contribution in [0.1, 0.15) is 6.92 Å². The highest BCUT2D eigenvalue weighted by molar-refractivity contribution is 7.94. The van der Waals surface area contributed by atoms with Gasteiger partial charge in [0.25, 0.3) is 5.91 Å². The number of nitrogens with one attached hydrogen (secondary N) is 1. The van der Waals surface area contributed by atoms with Crippen LogP contribution in [-0.2, 0) is 19.1 Å². The van der Waals surface area contributed by atoms with Crippen LogP contribution in [0.3, 0.4) is 0 Å². The number of para-hydroxylation sites is 1. The van der Waals surface area contributed by atoms with Crippen LogP contribution in [0.5, 0.6) is 5.75 Å². The fraction of sp³-hybridized carbons (Fsp3) is 0.353. The van der Waals surface area contributed by atoms with Crippen LogP contribution in [0.25, 0.3) is 0 Å². The molecule has 2 N–H and O–H groups in total. The predicted molar refractivity (Wildman–Crippen MR) is 95.3 cm³/mol. The summed E-state index contributed by atoms with van der Waals surface area (Å²) in [6.07, 6.45) is 0. The molecule has 1 heterocycles. The van der Waals surface area contributed by atoms with Gasteiger partial charge in [0.05, 0.1) is 7.11 Å². The molecule has 3 atom stereocenters. The maximum atomic E-state index is 12.4. The highest BCUT2D eigenvalue weighted by Gasteiger charge is 2.54. The number of rotatable bonds is 8. The number of hydrogen-bond donors (Lipinski definition) is 2. The van der Waals surface area contributed by atoms with E-state index in [9.17, 15) is 18.9 Å². The predicted octanol–water partition coefficient (Wildman–Crippen LogP) is 1.04. The van der Waals surface area contributed by atoms with Crippen molar-refractivity contribution in [3.8, 4) is 5.75 Å². The fourth-order valence-corrected chi connectivity index (χ4v) is 3.18. The van der Waals surface area contributed by atoms with Crippen molar-refractivity contribution >= 4 is 29.8 Å². The second kappa shape index (κ2) is 8.72. The van der Waals surface area contributed by atoms with Crippen LogP contribution in [0, 0.1) is 0 Å². The van der Waals surface area contributed by atoms with Crippen molar-refractivity contribution in [3.63, 3.8) is 0 Å². The van der Waals surface area contributed by atoms with Crippen molar-refractivity contribution in [2.24, 2.45) is 0 Å². The number of β-lactam (4-membered cyclic amide) rings is 1. The Hall–Kier alpha value is -2.52. The molecule has 0 aliphatic carbocycles. The summed E-state index contributed by atoms with van der Waals surface area (Å²) in [5.41, 5.74) is 0.390. The van der Waals surface area contributed by atoms with Crippen LogP contribution in [0.15, 0.2) is 42.5 Å². The molecule has 1 fully saturated rings. The van der Waals surface area contributed by atoms with E-state index in [1.165, 1.54) is 7.11 Å². The van der Waals surface area contributed by atoms with Crippen molar-refractivity contribution in [2.45, 2.75) is 24.4 Å². The van der Waals surface area contributed by atoms with Gasteiger partial charge in [-0.15, -0.1) is 0 Å². The lowest BCUT2D eigenvalue weighted by molar-refractivity contribution is -0.161. The van der Waals surface area contributed by atoms with E-state index in [-0.39, 0.29) is 6.61 Å². The standard InChI is InChI=1S/C17H20N2O6S/c1-10(2)14(17(22)24-3)19-15(21)13(16(19)26-23)18-12(20)9-25-11-7-5-4-6-8-11/h4-8,13-14,16,23H,1,9H2,2-3H3,(H,18,20)/t13-,14?,16-/m1/s1. The summed E-state index contributed by atoms with van der Waals surface area (Å²) in [4.78, 5) is 37.5. The maximum Gasteiger partial charge on any atom is 0.332 e. The molecule has 26 heavy (non-hydrogen) atoms. The number of nitrogens with zero attached hydrogens (tertiary/aromatic N) is 1. The highest BCUT2D eigenvalue weighted by atomic mass is 32.2. The lowest BCUT2D eigenvalue weighted by Crippen LogP contribution is -2.73. The lowest BCUT2D eigenvalue weighted by Gasteiger charge is -2.48. The molecule has 140 valence electrons. The summed E-state index contributed by atoms with van der Waals surface area (Å²) >= 11 is 0.362. The first-order valence-electron chi connectivity index (χ1n) is 7.73. The summed E-state index contributed by atoms with van der Waals surface area (Å²) in [7, 11) is 1.20.